The number of rotatable bonds is 2. The summed E-state index contributed by atoms with van der Waals surface area (Å²) in [7, 11) is 0. The summed E-state index contributed by atoms with van der Waals surface area (Å²) in [6.45, 7) is 3.96. The molecule has 1 atom stereocenters. The average Bonchev–Trinajstić information content (AvgIpc) is 2.03. The van der Waals surface area contributed by atoms with Gasteiger partial charge in [0.05, 0.1) is 0 Å². The normalized spacial score (nSPS) is 14.4. The van der Waals surface area contributed by atoms with Crippen LogP contribution in [0.25, 0.3) is 0 Å². The van der Waals surface area contributed by atoms with Gasteiger partial charge in [0.25, 0.3) is 0 Å². The predicted molar refractivity (Wildman–Crippen MR) is 52.7 cm³/mol. The summed E-state index contributed by atoms with van der Waals surface area (Å²) in [5.41, 5.74) is 0. The quantitative estimate of drug-likeness (QED) is 0.494. The van der Waals surface area contributed by atoms with E-state index in [4.69, 9.17) is 0 Å². The van der Waals surface area contributed by atoms with Crippen LogP contribution in [-0.4, -0.2) is 25.7 Å². The van der Waals surface area contributed by atoms with Gasteiger partial charge in [-0.2, -0.15) is 0 Å². The first-order valence-electron chi connectivity index (χ1n) is 3.99. The summed E-state index contributed by atoms with van der Waals surface area (Å²) < 4.78 is 11.6. The maximum absolute atomic E-state index is 11.8. The standard InChI is InChI=1S/C9H11OS.Li/c1-8(2)11(10)9-6-4-3-5-7-9;/h3-7H,1-2H3;. The summed E-state index contributed by atoms with van der Waals surface area (Å²) >= 11 is 1.08. The van der Waals surface area contributed by atoms with E-state index in [1.807, 2.05) is 61.9 Å². The molecule has 0 saturated carbocycles. The minimum absolute atomic E-state index is 0.165. The molecule has 1 unspecified atom stereocenters. The van der Waals surface area contributed by atoms with Gasteiger partial charge < -0.3 is 0 Å². The molecule has 0 aromatic heterocycles. The molecular formula is C9H11LiOS. The average molecular weight is 174 g/mol. The Labute approximate surface area is 85.9 Å². The third-order valence-corrected chi connectivity index (χ3v) is 3.33. The van der Waals surface area contributed by atoms with Gasteiger partial charge in [-0.25, -0.2) is 0 Å². The number of benzene rings is 1. The van der Waals surface area contributed by atoms with Crippen molar-refractivity contribution in [1.29, 1.82) is 0 Å². The zero-order chi connectivity index (χ0) is 9.19. The fourth-order valence-corrected chi connectivity index (χ4v) is 2.01. The zero-order valence-electron chi connectivity index (χ0n) is 7.70. The van der Waals surface area contributed by atoms with Crippen LogP contribution in [0.4, 0.5) is 0 Å². The van der Waals surface area contributed by atoms with Gasteiger partial charge in [0.1, 0.15) is 0 Å². The summed E-state index contributed by atoms with van der Waals surface area (Å²) in [5, 5.41) is 0. The van der Waals surface area contributed by atoms with E-state index in [-0.39, 0.29) is 3.42 Å². The van der Waals surface area contributed by atoms with E-state index >= 15 is 0 Å². The van der Waals surface area contributed by atoms with Crippen LogP contribution in [0, 0.1) is 0 Å². The Balaban J connectivity index is 2.86. The molecule has 0 fully saturated rings. The van der Waals surface area contributed by atoms with Crippen LogP contribution in [0.1, 0.15) is 13.8 Å². The Morgan fingerprint density at radius 1 is 1.25 bits per heavy atom. The zero-order valence-corrected chi connectivity index (χ0v) is 8.52. The van der Waals surface area contributed by atoms with E-state index in [0.717, 1.165) is 4.90 Å². The molecule has 0 heterocycles. The molecule has 60 valence electrons. The Morgan fingerprint density at radius 2 is 1.75 bits per heavy atom. The van der Waals surface area contributed by atoms with Crippen LogP contribution < -0.4 is 0 Å². The Hall–Kier alpha value is 0.127. The number of hydrogen-bond donors (Lipinski definition) is 0. The van der Waals surface area contributed by atoms with Gasteiger partial charge in [-0.3, -0.25) is 0 Å². The molecular weight excluding hydrogens is 163 g/mol. The van der Waals surface area contributed by atoms with Crippen LogP contribution in [0.3, 0.4) is 0 Å². The summed E-state index contributed by atoms with van der Waals surface area (Å²) in [6, 6.07) is 9.57. The van der Waals surface area contributed by atoms with Crippen molar-refractivity contribution in [2.24, 2.45) is 0 Å². The van der Waals surface area contributed by atoms with Crippen molar-refractivity contribution in [1.82, 2.24) is 0 Å². The van der Waals surface area contributed by atoms with E-state index in [1.54, 1.807) is 0 Å². The summed E-state index contributed by atoms with van der Waals surface area (Å²) in [5.74, 6) is 0. The molecule has 0 amide bonds. The molecule has 0 aliphatic rings. The van der Waals surface area contributed by atoms with E-state index in [2.05, 4.69) is 0 Å². The molecule has 0 radical (unpaired) electrons. The molecule has 1 aromatic rings. The SMILES string of the molecule is [Li][C](C)(C)[S+]([O-])c1ccccc1. The molecule has 0 aliphatic heterocycles. The monoisotopic (exact) mass is 174 g/mol. The molecule has 0 aliphatic carbocycles. The van der Waals surface area contributed by atoms with Crippen molar-refractivity contribution in [2.75, 3.05) is 0 Å². The second kappa shape index (κ2) is 3.89. The van der Waals surface area contributed by atoms with Gasteiger partial charge in [-0.05, 0) is 0 Å². The van der Waals surface area contributed by atoms with Crippen LogP contribution in [0.15, 0.2) is 35.2 Å². The fraction of sp³-hybridized carbons (Fsp3) is 0.333. The van der Waals surface area contributed by atoms with Crippen molar-refractivity contribution in [2.45, 2.75) is 22.2 Å². The maximum atomic E-state index is 11.8. The van der Waals surface area contributed by atoms with Gasteiger partial charge in [0.15, 0.2) is 0 Å². The predicted octanol–water partition coefficient (Wildman–Crippen LogP) is 1.70. The van der Waals surface area contributed by atoms with Crippen molar-refractivity contribution in [3.63, 3.8) is 0 Å². The van der Waals surface area contributed by atoms with Crippen molar-refractivity contribution in [3.05, 3.63) is 30.3 Å². The van der Waals surface area contributed by atoms with E-state index in [9.17, 15) is 4.55 Å². The molecule has 0 N–H and O–H groups in total. The summed E-state index contributed by atoms with van der Waals surface area (Å²) in [6.07, 6.45) is 0. The third kappa shape index (κ3) is 2.57. The van der Waals surface area contributed by atoms with Crippen LogP contribution in [0.5, 0.6) is 0 Å². The molecule has 0 bridgehead atoms. The number of hydrogen-bond acceptors (Lipinski definition) is 1. The van der Waals surface area contributed by atoms with E-state index < -0.39 is 11.2 Å². The Morgan fingerprint density at radius 3 is 2.17 bits per heavy atom. The minimum atomic E-state index is -0.901. The van der Waals surface area contributed by atoms with Gasteiger partial charge in [-0.1, -0.05) is 0 Å². The fourth-order valence-electron chi connectivity index (χ4n) is 0.898. The first-order chi connectivity index (χ1) is 5.52. The molecule has 0 saturated heterocycles. The Kier molecular flexibility index (Phi) is 3.31. The topological polar surface area (TPSA) is 23.1 Å². The van der Waals surface area contributed by atoms with E-state index in [0.29, 0.717) is 0 Å². The van der Waals surface area contributed by atoms with Gasteiger partial charge in [0, 0.05) is 0 Å². The molecule has 3 heteroatoms. The first kappa shape index (κ1) is 10.2. The van der Waals surface area contributed by atoms with Gasteiger partial charge in [-0.15, -0.1) is 0 Å². The summed E-state index contributed by atoms with van der Waals surface area (Å²) in [4.78, 5) is 0.907. The third-order valence-electron chi connectivity index (χ3n) is 1.51. The Bertz CT molecular complexity index is 242. The van der Waals surface area contributed by atoms with Crippen LogP contribution in [0.2, 0.25) is 0 Å². The van der Waals surface area contributed by atoms with E-state index in [1.165, 1.54) is 0 Å². The van der Waals surface area contributed by atoms with Crippen LogP contribution in [-0.2, 0) is 11.2 Å². The molecule has 0 spiro atoms. The van der Waals surface area contributed by atoms with Crippen molar-refractivity contribution < 1.29 is 4.55 Å². The van der Waals surface area contributed by atoms with Crippen LogP contribution >= 0.6 is 0 Å². The molecule has 1 aromatic carbocycles. The van der Waals surface area contributed by atoms with Crippen molar-refractivity contribution >= 4 is 28.9 Å². The van der Waals surface area contributed by atoms with Crippen molar-refractivity contribution in [3.8, 4) is 0 Å². The molecule has 1 rings (SSSR count). The molecule has 12 heavy (non-hydrogen) atoms. The molecule has 1 nitrogen and oxygen atoms in total. The second-order valence-corrected chi connectivity index (χ2v) is 5.93. The van der Waals surface area contributed by atoms with Gasteiger partial charge >= 0.3 is 85.9 Å². The second-order valence-electron chi connectivity index (χ2n) is 3.69. The first-order valence-corrected chi connectivity index (χ1v) is 5.14. The van der Waals surface area contributed by atoms with Gasteiger partial charge in [0.2, 0.25) is 0 Å².